The molecule has 0 amide bonds. The van der Waals surface area contributed by atoms with Crippen LogP contribution in [0.15, 0.2) is 28.7 Å². The molecular formula is C12H14BrN. The van der Waals surface area contributed by atoms with E-state index in [4.69, 9.17) is 0 Å². The lowest BCUT2D eigenvalue weighted by Gasteiger charge is -2.32. The van der Waals surface area contributed by atoms with E-state index < -0.39 is 0 Å². The number of hydrogen-bond donors (Lipinski definition) is 1. The third-order valence-electron chi connectivity index (χ3n) is 2.46. The van der Waals surface area contributed by atoms with Gasteiger partial charge in [-0.2, -0.15) is 0 Å². The van der Waals surface area contributed by atoms with Crippen LogP contribution in [0.2, 0.25) is 0 Å². The number of anilines is 1. The Morgan fingerprint density at radius 1 is 1.29 bits per heavy atom. The molecule has 14 heavy (non-hydrogen) atoms. The van der Waals surface area contributed by atoms with Crippen LogP contribution in [0.4, 0.5) is 5.69 Å². The summed E-state index contributed by atoms with van der Waals surface area (Å²) in [6, 6.07) is 6.29. The molecule has 2 heteroatoms. The number of allylic oxidation sites excluding steroid dienone is 1. The van der Waals surface area contributed by atoms with Gasteiger partial charge in [-0.1, -0.05) is 18.2 Å². The maximum absolute atomic E-state index is 3.57. The summed E-state index contributed by atoms with van der Waals surface area (Å²) in [6.07, 6.45) is 2.27. The van der Waals surface area contributed by atoms with E-state index in [1.54, 1.807) is 0 Å². The fourth-order valence-corrected chi connectivity index (χ4v) is 2.42. The number of para-hydroxylation sites is 1. The molecule has 0 aliphatic carbocycles. The van der Waals surface area contributed by atoms with Crippen molar-refractivity contribution in [2.75, 3.05) is 5.32 Å². The molecular weight excluding hydrogens is 238 g/mol. The topological polar surface area (TPSA) is 12.0 Å². The Kier molecular flexibility index (Phi) is 2.18. The molecule has 0 unspecified atom stereocenters. The van der Waals surface area contributed by atoms with Crippen LogP contribution < -0.4 is 5.32 Å². The summed E-state index contributed by atoms with van der Waals surface area (Å²) < 4.78 is 1.13. The second-order valence-corrected chi connectivity index (χ2v) is 5.19. The average Bonchev–Trinajstić information content (AvgIpc) is 2.05. The zero-order valence-electron chi connectivity index (χ0n) is 8.69. The molecule has 1 aromatic carbocycles. The van der Waals surface area contributed by atoms with E-state index in [1.807, 2.05) is 0 Å². The number of benzene rings is 1. The minimum absolute atomic E-state index is 0.0426. The molecule has 0 spiro atoms. The van der Waals surface area contributed by atoms with Crippen molar-refractivity contribution in [3.63, 3.8) is 0 Å². The molecule has 0 radical (unpaired) electrons. The molecule has 0 fully saturated rings. The van der Waals surface area contributed by atoms with Crippen molar-refractivity contribution >= 4 is 27.2 Å². The van der Waals surface area contributed by atoms with Crippen LogP contribution >= 0.6 is 15.9 Å². The van der Waals surface area contributed by atoms with E-state index >= 15 is 0 Å². The van der Waals surface area contributed by atoms with Gasteiger partial charge in [-0.3, -0.25) is 0 Å². The van der Waals surface area contributed by atoms with Gasteiger partial charge in [-0.25, -0.2) is 0 Å². The fourth-order valence-electron chi connectivity index (χ4n) is 1.96. The average molecular weight is 252 g/mol. The quantitative estimate of drug-likeness (QED) is 0.734. The van der Waals surface area contributed by atoms with Crippen molar-refractivity contribution in [1.82, 2.24) is 0 Å². The van der Waals surface area contributed by atoms with Crippen LogP contribution in [-0.2, 0) is 0 Å². The highest BCUT2D eigenvalue weighted by Gasteiger charge is 2.23. The summed E-state index contributed by atoms with van der Waals surface area (Å²) in [5, 5.41) is 3.51. The van der Waals surface area contributed by atoms with Crippen molar-refractivity contribution in [1.29, 1.82) is 0 Å². The summed E-state index contributed by atoms with van der Waals surface area (Å²) in [5.74, 6) is 0. The SMILES string of the molecule is CC1=CC(C)(C)Nc2c(Br)cccc21. The smallest absolute Gasteiger partial charge is 0.0567 e. The molecule has 74 valence electrons. The highest BCUT2D eigenvalue weighted by atomic mass is 79.9. The molecule has 0 bridgehead atoms. The summed E-state index contributed by atoms with van der Waals surface area (Å²) >= 11 is 3.57. The van der Waals surface area contributed by atoms with Crippen molar-refractivity contribution in [2.45, 2.75) is 26.3 Å². The Bertz CT molecular complexity index is 405. The zero-order valence-corrected chi connectivity index (χ0v) is 10.3. The van der Waals surface area contributed by atoms with E-state index in [2.05, 4.69) is 66.3 Å². The van der Waals surface area contributed by atoms with Gasteiger partial charge in [-0.15, -0.1) is 0 Å². The minimum Gasteiger partial charge on any atom is -0.375 e. The first-order chi connectivity index (χ1) is 6.49. The number of hydrogen-bond acceptors (Lipinski definition) is 1. The Balaban J connectivity index is 2.62. The zero-order chi connectivity index (χ0) is 10.3. The first-order valence-corrected chi connectivity index (χ1v) is 5.55. The van der Waals surface area contributed by atoms with Gasteiger partial charge >= 0.3 is 0 Å². The van der Waals surface area contributed by atoms with Crippen molar-refractivity contribution < 1.29 is 0 Å². The van der Waals surface area contributed by atoms with Gasteiger partial charge < -0.3 is 5.32 Å². The lowest BCUT2D eigenvalue weighted by atomic mass is 9.91. The Hall–Kier alpha value is -0.760. The summed E-state index contributed by atoms with van der Waals surface area (Å²) in [4.78, 5) is 0. The number of nitrogens with one attached hydrogen (secondary N) is 1. The van der Waals surface area contributed by atoms with E-state index in [-0.39, 0.29) is 5.54 Å². The molecule has 1 aliphatic heterocycles. The molecule has 0 aromatic heterocycles. The predicted molar refractivity (Wildman–Crippen MR) is 65.5 cm³/mol. The van der Waals surface area contributed by atoms with E-state index in [9.17, 15) is 0 Å². The Morgan fingerprint density at radius 3 is 2.71 bits per heavy atom. The first kappa shape index (κ1) is 9.78. The van der Waals surface area contributed by atoms with Gasteiger partial charge in [0.05, 0.1) is 11.2 Å². The Labute approximate surface area is 93.3 Å². The maximum atomic E-state index is 3.57. The largest absolute Gasteiger partial charge is 0.375 e. The van der Waals surface area contributed by atoms with Crippen LogP contribution in [-0.4, -0.2) is 5.54 Å². The molecule has 1 aromatic rings. The molecule has 1 aliphatic rings. The van der Waals surface area contributed by atoms with Crippen LogP contribution in [0.25, 0.3) is 5.57 Å². The number of halogens is 1. The van der Waals surface area contributed by atoms with Gasteiger partial charge in [0.15, 0.2) is 0 Å². The lowest BCUT2D eigenvalue weighted by Crippen LogP contribution is -2.31. The van der Waals surface area contributed by atoms with Gasteiger partial charge in [0.2, 0.25) is 0 Å². The molecule has 1 heterocycles. The minimum atomic E-state index is 0.0426. The Morgan fingerprint density at radius 2 is 2.00 bits per heavy atom. The summed E-state index contributed by atoms with van der Waals surface area (Å²) in [6.45, 7) is 6.52. The molecule has 0 saturated heterocycles. The van der Waals surface area contributed by atoms with E-state index in [0.717, 1.165) is 4.47 Å². The standard InChI is InChI=1S/C12H14BrN/c1-8-7-12(2,3)14-11-9(8)5-4-6-10(11)13/h4-7,14H,1-3H3. The first-order valence-electron chi connectivity index (χ1n) is 4.76. The second kappa shape index (κ2) is 3.13. The molecule has 0 saturated carbocycles. The molecule has 0 atom stereocenters. The lowest BCUT2D eigenvalue weighted by molar-refractivity contribution is 0.706. The normalized spacial score (nSPS) is 18.1. The highest BCUT2D eigenvalue weighted by molar-refractivity contribution is 9.10. The third kappa shape index (κ3) is 1.59. The molecule has 2 rings (SSSR count). The summed E-state index contributed by atoms with van der Waals surface area (Å²) in [5.41, 5.74) is 3.88. The fraction of sp³-hybridized carbons (Fsp3) is 0.333. The second-order valence-electron chi connectivity index (χ2n) is 4.34. The van der Waals surface area contributed by atoms with Crippen LogP contribution in [0.3, 0.4) is 0 Å². The highest BCUT2D eigenvalue weighted by Crippen LogP contribution is 2.37. The van der Waals surface area contributed by atoms with Crippen molar-refractivity contribution in [3.05, 3.63) is 34.3 Å². The van der Waals surface area contributed by atoms with Gasteiger partial charge in [0.1, 0.15) is 0 Å². The van der Waals surface area contributed by atoms with Gasteiger partial charge in [0.25, 0.3) is 0 Å². The maximum Gasteiger partial charge on any atom is 0.0567 e. The number of rotatable bonds is 0. The van der Waals surface area contributed by atoms with Gasteiger partial charge in [-0.05, 0) is 48.3 Å². The third-order valence-corrected chi connectivity index (χ3v) is 3.12. The van der Waals surface area contributed by atoms with Crippen LogP contribution in [0.5, 0.6) is 0 Å². The monoisotopic (exact) mass is 251 g/mol. The van der Waals surface area contributed by atoms with Crippen molar-refractivity contribution in [3.8, 4) is 0 Å². The summed E-state index contributed by atoms with van der Waals surface area (Å²) in [7, 11) is 0. The van der Waals surface area contributed by atoms with E-state index in [0.29, 0.717) is 0 Å². The predicted octanol–water partition coefficient (Wildman–Crippen LogP) is 4.06. The van der Waals surface area contributed by atoms with E-state index in [1.165, 1.54) is 16.8 Å². The van der Waals surface area contributed by atoms with Gasteiger partial charge in [0, 0.05) is 10.0 Å². The number of fused-ring (bicyclic) bond motifs is 1. The van der Waals surface area contributed by atoms with Crippen LogP contribution in [0.1, 0.15) is 26.3 Å². The van der Waals surface area contributed by atoms with Crippen LogP contribution in [0, 0.1) is 0 Å². The molecule has 1 nitrogen and oxygen atoms in total. The van der Waals surface area contributed by atoms with Crippen molar-refractivity contribution in [2.24, 2.45) is 0 Å². The molecule has 1 N–H and O–H groups in total.